The van der Waals surface area contributed by atoms with Crippen LogP contribution in [-0.2, 0) is 4.79 Å². The first-order valence-corrected chi connectivity index (χ1v) is 4.08. The van der Waals surface area contributed by atoms with E-state index in [4.69, 9.17) is 5.73 Å². The lowest BCUT2D eigenvalue weighted by atomic mass is 10.1. The molecular weight excluding hydrogens is 166 g/mol. The summed E-state index contributed by atoms with van der Waals surface area (Å²) in [5.74, 6) is -0.378. The third-order valence-electron chi connectivity index (χ3n) is 1.92. The molecule has 0 aliphatic rings. The number of aromatic nitrogens is 1. The minimum Gasteiger partial charge on any atom is -0.397 e. The van der Waals surface area contributed by atoms with Crippen LogP contribution in [0, 0.1) is 0 Å². The fourth-order valence-corrected chi connectivity index (χ4v) is 1.13. The maximum absolute atomic E-state index is 11.3. The highest BCUT2D eigenvalue weighted by Crippen LogP contribution is 2.18. The minimum atomic E-state index is -0.300. The lowest BCUT2D eigenvalue weighted by Crippen LogP contribution is -2.25. The third kappa shape index (κ3) is 1.96. The minimum absolute atomic E-state index is 0.0783. The van der Waals surface area contributed by atoms with Crippen molar-refractivity contribution < 1.29 is 4.79 Å². The van der Waals surface area contributed by atoms with Crippen molar-refractivity contribution in [1.82, 2.24) is 10.3 Å². The van der Waals surface area contributed by atoms with Gasteiger partial charge in [0, 0.05) is 13.2 Å². The van der Waals surface area contributed by atoms with Gasteiger partial charge in [0.1, 0.15) is 0 Å². The Morgan fingerprint density at radius 3 is 2.92 bits per heavy atom. The first-order chi connectivity index (χ1) is 6.16. The number of carbonyl (C=O) groups is 1. The molecule has 0 saturated heterocycles. The van der Waals surface area contributed by atoms with Gasteiger partial charge >= 0.3 is 0 Å². The molecule has 0 aromatic carbocycles. The molecule has 0 fully saturated rings. The van der Waals surface area contributed by atoms with E-state index >= 15 is 0 Å². The molecule has 0 aliphatic carbocycles. The topological polar surface area (TPSA) is 68.0 Å². The molecule has 13 heavy (non-hydrogen) atoms. The molecule has 0 radical (unpaired) electrons. The first kappa shape index (κ1) is 9.51. The molecule has 0 bridgehead atoms. The van der Waals surface area contributed by atoms with E-state index in [0.29, 0.717) is 11.4 Å². The van der Waals surface area contributed by atoms with Gasteiger partial charge in [0.15, 0.2) is 0 Å². The van der Waals surface area contributed by atoms with Crippen molar-refractivity contribution >= 4 is 11.6 Å². The van der Waals surface area contributed by atoms with Gasteiger partial charge in [-0.15, -0.1) is 0 Å². The zero-order valence-electron chi connectivity index (χ0n) is 7.74. The zero-order chi connectivity index (χ0) is 9.84. The van der Waals surface area contributed by atoms with Crippen LogP contribution < -0.4 is 11.1 Å². The number of amides is 1. The normalized spacial score (nSPS) is 12.2. The molecule has 1 heterocycles. The van der Waals surface area contributed by atoms with Crippen molar-refractivity contribution in [1.29, 1.82) is 0 Å². The molecule has 0 spiro atoms. The zero-order valence-corrected chi connectivity index (χ0v) is 7.74. The SMILES string of the molecule is CNC(=O)C(C)c1ncccc1N. The van der Waals surface area contributed by atoms with E-state index in [-0.39, 0.29) is 11.8 Å². The summed E-state index contributed by atoms with van der Waals surface area (Å²) < 4.78 is 0. The molecule has 0 saturated carbocycles. The van der Waals surface area contributed by atoms with E-state index in [2.05, 4.69) is 10.3 Å². The Labute approximate surface area is 77.2 Å². The predicted octanol–water partition coefficient (Wildman–Crippen LogP) is 0.513. The average Bonchev–Trinajstić information content (AvgIpc) is 2.16. The number of nitrogens with one attached hydrogen (secondary N) is 1. The van der Waals surface area contributed by atoms with Gasteiger partial charge in [-0.2, -0.15) is 0 Å². The standard InChI is InChI=1S/C9H13N3O/c1-6(9(13)11-2)8-7(10)4-3-5-12-8/h3-6H,10H2,1-2H3,(H,11,13). The van der Waals surface area contributed by atoms with Crippen molar-refractivity contribution in [2.24, 2.45) is 0 Å². The monoisotopic (exact) mass is 179 g/mol. The van der Waals surface area contributed by atoms with Crippen LogP contribution >= 0.6 is 0 Å². The van der Waals surface area contributed by atoms with E-state index in [9.17, 15) is 4.79 Å². The Bertz CT molecular complexity index is 311. The molecule has 4 heteroatoms. The van der Waals surface area contributed by atoms with E-state index in [0.717, 1.165) is 0 Å². The lowest BCUT2D eigenvalue weighted by molar-refractivity contribution is -0.121. The van der Waals surface area contributed by atoms with Crippen molar-refractivity contribution in [3.63, 3.8) is 0 Å². The maximum Gasteiger partial charge on any atom is 0.228 e. The number of likely N-dealkylation sites (N-methyl/N-ethyl adjacent to an activating group) is 1. The van der Waals surface area contributed by atoms with Gasteiger partial charge in [-0.25, -0.2) is 0 Å². The van der Waals surface area contributed by atoms with E-state index in [1.54, 1.807) is 32.3 Å². The van der Waals surface area contributed by atoms with E-state index in [1.807, 2.05) is 0 Å². The van der Waals surface area contributed by atoms with Gasteiger partial charge in [-0.05, 0) is 19.1 Å². The van der Waals surface area contributed by atoms with Gasteiger partial charge in [0.2, 0.25) is 5.91 Å². The number of hydrogen-bond acceptors (Lipinski definition) is 3. The number of nitrogen functional groups attached to an aromatic ring is 1. The Balaban J connectivity index is 2.95. The van der Waals surface area contributed by atoms with Crippen LogP contribution in [0.5, 0.6) is 0 Å². The third-order valence-corrected chi connectivity index (χ3v) is 1.92. The lowest BCUT2D eigenvalue weighted by Gasteiger charge is -2.10. The summed E-state index contributed by atoms with van der Waals surface area (Å²) in [6, 6.07) is 3.48. The number of nitrogens with two attached hydrogens (primary N) is 1. The predicted molar refractivity (Wildman–Crippen MR) is 51.1 cm³/mol. The number of rotatable bonds is 2. The molecular formula is C9H13N3O. The fraction of sp³-hybridized carbons (Fsp3) is 0.333. The molecule has 1 amide bonds. The Kier molecular flexibility index (Phi) is 2.84. The van der Waals surface area contributed by atoms with Crippen LogP contribution in [0.1, 0.15) is 18.5 Å². The van der Waals surface area contributed by atoms with Crippen LogP contribution in [0.25, 0.3) is 0 Å². The number of pyridine rings is 1. The smallest absolute Gasteiger partial charge is 0.228 e. The number of carbonyl (C=O) groups excluding carboxylic acids is 1. The summed E-state index contributed by atoms with van der Waals surface area (Å²) in [7, 11) is 1.60. The van der Waals surface area contributed by atoms with Crippen molar-refractivity contribution in [3.05, 3.63) is 24.0 Å². The number of anilines is 1. The Morgan fingerprint density at radius 2 is 2.38 bits per heavy atom. The number of nitrogens with zero attached hydrogens (tertiary/aromatic N) is 1. The Hall–Kier alpha value is -1.58. The van der Waals surface area contributed by atoms with Crippen LogP contribution in [-0.4, -0.2) is 17.9 Å². The van der Waals surface area contributed by atoms with E-state index in [1.165, 1.54) is 0 Å². The maximum atomic E-state index is 11.3. The quantitative estimate of drug-likeness (QED) is 0.695. The highest BCUT2D eigenvalue weighted by Gasteiger charge is 2.16. The van der Waals surface area contributed by atoms with Crippen LogP contribution in [0.2, 0.25) is 0 Å². The second kappa shape index (κ2) is 3.89. The highest BCUT2D eigenvalue weighted by atomic mass is 16.1. The van der Waals surface area contributed by atoms with Crippen molar-refractivity contribution in [2.45, 2.75) is 12.8 Å². The summed E-state index contributed by atoms with van der Waals surface area (Å²) in [6.07, 6.45) is 1.63. The summed E-state index contributed by atoms with van der Waals surface area (Å²) in [5, 5.41) is 2.56. The molecule has 1 aromatic rings. The average molecular weight is 179 g/mol. The first-order valence-electron chi connectivity index (χ1n) is 4.08. The molecule has 70 valence electrons. The van der Waals surface area contributed by atoms with Gasteiger partial charge in [0.05, 0.1) is 17.3 Å². The summed E-state index contributed by atoms with van der Waals surface area (Å²) in [5.41, 5.74) is 6.85. The molecule has 3 N–H and O–H groups in total. The largest absolute Gasteiger partial charge is 0.397 e. The summed E-state index contributed by atoms with van der Waals surface area (Å²) >= 11 is 0. The van der Waals surface area contributed by atoms with Crippen molar-refractivity contribution in [2.75, 3.05) is 12.8 Å². The molecule has 1 aromatic heterocycles. The second-order valence-corrected chi connectivity index (χ2v) is 2.81. The van der Waals surface area contributed by atoms with Gasteiger partial charge in [0.25, 0.3) is 0 Å². The van der Waals surface area contributed by atoms with Gasteiger partial charge < -0.3 is 11.1 Å². The molecule has 1 rings (SSSR count). The fourth-order valence-electron chi connectivity index (χ4n) is 1.13. The summed E-state index contributed by atoms with van der Waals surface area (Å²) in [4.78, 5) is 15.3. The Morgan fingerprint density at radius 1 is 1.69 bits per heavy atom. The molecule has 0 aliphatic heterocycles. The second-order valence-electron chi connectivity index (χ2n) is 2.81. The van der Waals surface area contributed by atoms with E-state index < -0.39 is 0 Å². The van der Waals surface area contributed by atoms with Crippen molar-refractivity contribution in [3.8, 4) is 0 Å². The molecule has 1 atom stereocenters. The van der Waals surface area contributed by atoms with Crippen LogP contribution in [0.3, 0.4) is 0 Å². The molecule has 4 nitrogen and oxygen atoms in total. The van der Waals surface area contributed by atoms with Gasteiger partial charge in [-0.3, -0.25) is 9.78 Å². The van der Waals surface area contributed by atoms with Crippen LogP contribution in [0.15, 0.2) is 18.3 Å². The van der Waals surface area contributed by atoms with Gasteiger partial charge in [-0.1, -0.05) is 0 Å². The molecule has 1 unspecified atom stereocenters. The van der Waals surface area contributed by atoms with Crippen LogP contribution in [0.4, 0.5) is 5.69 Å². The number of hydrogen-bond donors (Lipinski definition) is 2. The highest BCUT2D eigenvalue weighted by molar-refractivity contribution is 5.83. The summed E-state index contributed by atoms with van der Waals surface area (Å²) in [6.45, 7) is 1.78.